The third kappa shape index (κ3) is 5.08. The summed E-state index contributed by atoms with van der Waals surface area (Å²) in [5, 5.41) is 7.07. The van der Waals surface area contributed by atoms with E-state index in [1.54, 1.807) is 12.1 Å². The molecule has 1 amide bonds. The molecular weight excluding hydrogens is 358 g/mol. The van der Waals surface area contributed by atoms with E-state index in [4.69, 9.17) is 0 Å². The number of hydrogen-bond acceptors (Lipinski definition) is 4. The van der Waals surface area contributed by atoms with Gasteiger partial charge >= 0.3 is 0 Å². The number of nitrogens with one attached hydrogen (secondary N) is 1. The number of aryl methyl sites for hydroxylation is 2. The summed E-state index contributed by atoms with van der Waals surface area (Å²) in [6.07, 6.45) is 0. The van der Waals surface area contributed by atoms with Gasteiger partial charge in [-0.25, -0.2) is 0 Å². The summed E-state index contributed by atoms with van der Waals surface area (Å²) in [4.78, 5) is 24.4. The molecule has 3 aromatic rings. The molecule has 1 N–H and O–H groups in total. The smallest absolute Gasteiger partial charge is 0.244 e. The molecule has 2 aromatic carbocycles. The maximum absolute atomic E-state index is 12.6. The van der Waals surface area contributed by atoms with Gasteiger partial charge in [0.2, 0.25) is 11.0 Å². The van der Waals surface area contributed by atoms with Gasteiger partial charge in [0.1, 0.15) is 5.69 Å². The highest BCUT2D eigenvalue weighted by molar-refractivity contribution is 8.14. The minimum Gasteiger partial charge on any atom is -0.326 e. The topological polar surface area (TPSA) is 64.0 Å². The van der Waals surface area contributed by atoms with Gasteiger partial charge in [-0.1, -0.05) is 29.8 Å². The van der Waals surface area contributed by atoms with Crippen LogP contribution in [0.15, 0.2) is 59.5 Å². The van der Waals surface area contributed by atoms with Crippen molar-refractivity contribution in [1.82, 2.24) is 9.78 Å². The lowest BCUT2D eigenvalue weighted by Crippen LogP contribution is -2.05. The summed E-state index contributed by atoms with van der Waals surface area (Å²) in [6, 6.07) is 17.3. The Kier molecular flexibility index (Phi) is 5.76. The van der Waals surface area contributed by atoms with E-state index in [0.29, 0.717) is 17.9 Å². The van der Waals surface area contributed by atoms with Crippen LogP contribution in [0.3, 0.4) is 0 Å². The molecule has 0 fully saturated rings. The van der Waals surface area contributed by atoms with Gasteiger partial charge in [-0.15, -0.1) is 0 Å². The largest absolute Gasteiger partial charge is 0.326 e. The van der Waals surface area contributed by atoms with Crippen LogP contribution in [0.25, 0.3) is 0 Å². The molecule has 0 bridgehead atoms. The molecule has 0 spiro atoms. The molecule has 27 heavy (non-hydrogen) atoms. The van der Waals surface area contributed by atoms with Crippen LogP contribution >= 0.6 is 11.8 Å². The average molecular weight is 379 g/mol. The summed E-state index contributed by atoms with van der Waals surface area (Å²) in [5.41, 5.74) is 4.45. The molecule has 0 aliphatic rings. The summed E-state index contributed by atoms with van der Waals surface area (Å²) in [7, 11) is 0. The fraction of sp³-hybridized carbons (Fsp3) is 0.190. The number of carbonyl (C=O) groups is 2. The Bertz CT molecular complexity index is 960. The van der Waals surface area contributed by atoms with Crippen molar-refractivity contribution >= 4 is 28.5 Å². The Morgan fingerprint density at radius 3 is 2.33 bits per heavy atom. The van der Waals surface area contributed by atoms with Gasteiger partial charge in [0, 0.05) is 23.2 Å². The fourth-order valence-corrected chi connectivity index (χ4v) is 3.30. The number of thioether (sulfide) groups is 1. The van der Waals surface area contributed by atoms with E-state index in [-0.39, 0.29) is 11.0 Å². The predicted molar refractivity (Wildman–Crippen MR) is 108 cm³/mol. The second-order valence-electron chi connectivity index (χ2n) is 6.41. The van der Waals surface area contributed by atoms with Crippen molar-refractivity contribution < 1.29 is 9.59 Å². The Balaban J connectivity index is 1.68. The van der Waals surface area contributed by atoms with Crippen molar-refractivity contribution in [3.05, 3.63) is 77.1 Å². The minimum atomic E-state index is -0.124. The Hall–Kier alpha value is -2.86. The zero-order valence-electron chi connectivity index (χ0n) is 15.5. The SMILES string of the molecule is CC(=O)Nc1ccc(SC(=O)c2cc(C)n(Cc3ccc(C)cc3)n2)cc1. The molecule has 0 saturated heterocycles. The standard InChI is InChI=1S/C21H21N3O2S/c1-14-4-6-17(7-5-14)13-24-15(2)12-20(23-24)21(26)27-19-10-8-18(9-11-19)22-16(3)25/h4-12H,13H2,1-3H3,(H,22,25). The molecule has 0 unspecified atom stereocenters. The van der Waals surface area contributed by atoms with Crippen molar-refractivity contribution in [1.29, 1.82) is 0 Å². The molecule has 0 aliphatic heterocycles. The van der Waals surface area contributed by atoms with Crippen molar-refractivity contribution in [2.24, 2.45) is 0 Å². The van der Waals surface area contributed by atoms with Crippen LogP contribution in [0.1, 0.15) is 34.2 Å². The molecule has 0 atom stereocenters. The van der Waals surface area contributed by atoms with Gasteiger partial charge in [-0.2, -0.15) is 5.10 Å². The molecule has 6 heteroatoms. The van der Waals surface area contributed by atoms with Crippen LogP contribution in [0, 0.1) is 13.8 Å². The molecule has 5 nitrogen and oxygen atoms in total. The molecule has 0 saturated carbocycles. The number of benzene rings is 2. The highest BCUT2D eigenvalue weighted by Crippen LogP contribution is 2.24. The Morgan fingerprint density at radius 2 is 1.70 bits per heavy atom. The van der Waals surface area contributed by atoms with E-state index in [1.807, 2.05) is 29.8 Å². The normalized spacial score (nSPS) is 10.6. The molecule has 0 radical (unpaired) electrons. The summed E-state index contributed by atoms with van der Waals surface area (Å²) >= 11 is 1.13. The molecule has 1 aromatic heterocycles. The van der Waals surface area contributed by atoms with Crippen LogP contribution in [-0.4, -0.2) is 20.8 Å². The first-order valence-electron chi connectivity index (χ1n) is 8.60. The number of carbonyl (C=O) groups excluding carboxylic acids is 2. The zero-order chi connectivity index (χ0) is 19.4. The number of aromatic nitrogens is 2. The quantitative estimate of drug-likeness (QED) is 0.666. The van der Waals surface area contributed by atoms with Crippen LogP contribution in [0.5, 0.6) is 0 Å². The molecule has 138 valence electrons. The van der Waals surface area contributed by atoms with Crippen LogP contribution < -0.4 is 5.32 Å². The van der Waals surface area contributed by atoms with Crippen LogP contribution in [0.4, 0.5) is 5.69 Å². The molecule has 3 rings (SSSR count). The highest BCUT2D eigenvalue weighted by Gasteiger charge is 2.14. The van der Waals surface area contributed by atoms with Gasteiger partial charge in [0.05, 0.1) is 6.54 Å². The summed E-state index contributed by atoms with van der Waals surface area (Å²) in [5.74, 6) is -0.124. The van der Waals surface area contributed by atoms with Gasteiger partial charge in [0.15, 0.2) is 0 Å². The first-order valence-corrected chi connectivity index (χ1v) is 9.42. The van der Waals surface area contributed by atoms with E-state index in [0.717, 1.165) is 27.9 Å². The second-order valence-corrected chi connectivity index (χ2v) is 7.46. The van der Waals surface area contributed by atoms with Crippen LogP contribution in [0.2, 0.25) is 0 Å². The maximum Gasteiger partial charge on any atom is 0.244 e. The number of rotatable bonds is 5. The first kappa shape index (κ1) is 18.9. The van der Waals surface area contributed by atoms with Gasteiger partial charge in [-0.3, -0.25) is 14.3 Å². The number of nitrogens with zero attached hydrogens (tertiary/aromatic N) is 2. The summed E-state index contributed by atoms with van der Waals surface area (Å²) in [6.45, 7) is 6.10. The van der Waals surface area contributed by atoms with Crippen molar-refractivity contribution in [2.45, 2.75) is 32.2 Å². The minimum absolute atomic E-state index is 0.104. The van der Waals surface area contributed by atoms with E-state index >= 15 is 0 Å². The zero-order valence-corrected chi connectivity index (χ0v) is 16.3. The maximum atomic E-state index is 12.6. The number of amides is 1. The van der Waals surface area contributed by atoms with E-state index in [1.165, 1.54) is 12.5 Å². The fourth-order valence-electron chi connectivity index (χ4n) is 2.61. The highest BCUT2D eigenvalue weighted by atomic mass is 32.2. The monoisotopic (exact) mass is 379 g/mol. The predicted octanol–water partition coefficient (Wildman–Crippen LogP) is 4.44. The summed E-state index contributed by atoms with van der Waals surface area (Å²) < 4.78 is 1.85. The van der Waals surface area contributed by atoms with Crippen LogP contribution in [-0.2, 0) is 11.3 Å². The van der Waals surface area contributed by atoms with Crippen molar-refractivity contribution in [3.63, 3.8) is 0 Å². The Morgan fingerprint density at radius 1 is 1.04 bits per heavy atom. The second kappa shape index (κ2) is 8.22. The lowest BCUT2D eigenvalue weighted by molar-refractivity contribution is -0.114. The third-order valence-corrected chi connectivity index (χ3v) is 4.93. The van der Waals surface area contributed by atoms with Gasteiger partial charge in [0.25, 0.3) is 0 Å². The van der Waals surface area contributed by atoms with E-state index < -0.39 is 0 Å². The van der Waals surface area contributed by atoms with Gasteiger partial charge in [-0.05, 0) is 61.5 Å². The van der Waals surface area contributed by atoms with E-state index in [9.17, 15) is 9.59 Å². The van der Waals surface area contributed by atoms with Gasteiger partial charge < -0.3 is 5.32 Å². The first-order chi connectivity index (χ1) is 12.9. The van der Waals surface area contributed by atoms with Crippen molar-refractivity contribution in [3.8, 4) is 0 Å². The Labute approximate surface area is 162 Å². The number of anilines is 1. The lowest BCUT2D eigenvalue weighted by atomic mass is 10.1. The molecule has 1 heterocycles. The average Bonchev–Trinajstić information content (AvgIpc) is 2.99. The van der Waals surface area contributed by atoms with Crippen molar-refractivity contribution in [2.75, 3.05) is 5.32 Å². The number of hydrogen-bond donors (Lipinski definition) is 1. The third-order valence-electron chi connectivity index (χ3n) is 4.03. The lowest BCUT2D eigenvalue weighted by Gasteiger charge is -2.05. The van der Waals surface area contributed by atoms with E-state index in [2.05, 4.69) is 41.6 Å². The molecular formula is C21H21N3O2S. The molecule has 0 aliphatic carbocycles.